The van der Waals surface area contributed by atoms with Gasteiger partial charge in [-0.3, -0.25) is 0 Å². The minimum Gasteiger partial charge on any atom is -0.414 e. The fourth-order valence-electron chi connectivity index (χ4n) is 5.95. The molecule has 1 aromatic carbocycles. The zero-order valence-electron chi connectivity index (χ0n) is 23.7. The van der Waals surface area contributed by atoms with E-state index >= 15 is 0 Å². The van der Waals surface area contributed by atoms with Crippen molar-refractivity contribution in [1.29, 1.82) is 0 Å². The first-order valence-corrected chi connectivity index (χ1v) is 17.8. The molecule has 0 aromatic heterocycles. The highest BCUT2D eigenvalue weighted by atomic mass is 28.5. The van der Waals surface area contributed by atoms with Crippen molar-refractivity contribution < 1.29 is 31.9 Å². The van der Waals surface area contributed by atoms with Crippen molar-refractivity contribution >= 4 is 17.1 Å². The second-order valence-electron chi connectivity index (χ2n) is 11.7. The standard InChI is InChI=1S/C28H46O7Si2/c1-10-16-29-28-26-25(24-23(31-28)17-30-27(32-24)22-14-12-11-13-15-22)33-36(18(2)3,19(4)5)35-37(34-26,20(6)7)21(8)9/h10-15,18-21,23-28H,1,16-17H2,2-9H3/t23-,24?,25+,26-,27-,28?/m1/s1. The van der Waals surface area contributed by atoms with Gasteiger partial charge in [0.1, 0.15) is 24.4 Å². The van der Waals surface area contributed by atoms with Gasteiger partial charge >= 0.3 is 17.1 Å². The van der Waals surface area contributed by atoms with E-state index in [9.17, 15) is 0 Å². The Labute approximate surface area is 225 Å². The van der Waals surface area contributed by atoms with Crippen LogP contribution in [0.4, 0.5) is 0 Å². The van der Waals surface area contributed by atoms with Gasteiger partial charge in [0.2, 0.25) is 0 Å². The van der Waals surface area contributed by atoms with Gasteiger partial charge in [0.05, 0.1) is 13.2 Å². The predicted octanol–water partition coefficient (Wildman–Crippen LogP) is 6.35. The van der Waals surface area contributed by atoms with Crippen molar-refractivity contribution in [1.82, 2.24) is 0 Å². The van der Waals surface area contributed by atoms with Gasteiger partial charge in [0, 0.05) is 5.56 Å². The molecule has 4 rings (SSSR count). The lowest BCUT2D eigenvalue weighted by Gasteiger charge is -2.50. The van der Waals surface area contributed by atoms with E-state index in [0.29, 0.717) is 13.2 Å². The fourth-order valence-corrected chi connectivity index (χ4v) is 17.2. The van der Waals surface area contributed by atoms with E-state index in [2.05, 4.69) is 62.0 Å². The summed E-state index contributed by atoms with van der Waals surface area (Å²) in [6.45, 7) is 22.3. The highest BCUT2D eigenvalue weighted by molar-refractivity contribution is 6.84. The van der Waals surface area contributed by atoms with E-state index in [4.69, 9.17) is 31.9 Å². The van der Waals surface area contributed by atoms with Crippen LogP contribution in [0.15, 0.2) is 43.0 Å². The molecule has 208 valence electrons. The van der Waals surface area contributed by atoms with Gasteiger partial charge in [-0.05, 0) is 22.2 Å². The third-order valence-corrected chi connectivity index (χ3v) is 18.2. The highest BCUT2D eigenvalue weighted by Gasteiger charge is 2.65. The maximum atomic E-state index is 7.38. The largest absolute Gasteiger partial charge is 0.414 e. The van der Waals surface area contributed by atoms with Gasteiger partial charge < -0.3 is 31.9 Å². The summed E-state index contributed by atoms with van der Waals surface area (Å²) in [7, 11) is -5.62. The summed E-state index contributed by atoms with van der Waals surface area (Å²) in [5, 5.41) is 0. The van der Waals surface area contributed by atoms with Crippen molar-refractivity contribution in [3.63, 3.8) is 0 Å². The van der Waals surface area contributed by atoms with Crippen molar-refractivity contribution in [2.24, 2.45) is 0 Å². The summed E-state index contributed by atoms with van der Waals surface area (Å²) in [5.41, 5.74) is 1.84. The smallest absolute Gasteiger partial charge is 0.335 e. The van der Waals surface area contributed by atoms with Crippen LogP contribution in [-0.2, 0) is 31.9 Å². The van der Waals surface area contributed by atoms with Gasteiger partial charge in [-0.25, -0.2) is 0 Å². The van der Waals surface area contributed by atoms with Crippen LogP contribution in [0.3, 0.4) is 0 Å². The second-order valence-corrected chi connectivity index (χ2v) is 20.5. The van der Waals surface area contributed by atoms with Gasteiger partial charge in [-0.2, -0.15) is 0 Å². The highest BCUT2D eigenvalue weighted by Crippen LogP contribution is 2.50. The molecule has 9 heteroatoms. The first-order chi connectivity index (χ1) is 17.6. The molecule has 3 aliphatic heterocycles. The summed E-state index contributed by atoms with van der Waals surface area (Å²) < 4.78 is 47.4. The second kappa shape index (κ2) is 11.7. The van der Waals surface area contributed by atoms with Crippen LogP contribution in [0.1, 0.15) is 67.2 Å². The first-order valence-electron chi connectivity index (χ1n) is 13.8. The van der Waals surface area contributed by atoms with E-state index in [1.807, 2.05) is 30.3 Å². The van der Waals surface area contributed by atoms with E-state index in [1.165, 1.54) is 0 Å². The minimum absolute atomic E-state index is 0.213. The Morgan fingerprint density at radius 2 is 1.41 bits per heavy atom. The Morgan fingerprint density at radius 1 is 0.838 bits per heavy atom. The minimum atomic E-state index is -2.81. The van der Waals surface area contributed by atoms with Gasteiger partial charge in [0.15, 0.2) is 12.6 Å². The van der Waals surface area contributed by atoms with Crippen LogP contribution in [0.5, 0.6) is 0 Å². The molecule has 3 fully saturated rings. The van der Waals surface area contributed by atoms with Crippen molar-refractivity contribution in [2.75, 3.05) is 13.2 Å². The van der Waals surface area contributed by atoms with Crippen molar-refractivity contribution in [2.45, 2.75) is 115 Å². The summed E-state index contributed by atoms with van der Waals surface area (Å²) in [6, 6.07) is 10.0. The van der Waals surface area contributed by atoms with Crippen LogP contribution >= 0.6 is 0 Å². The molecule has 3 saturated heterocycles. The summed E-state index contributed by atoms with van der Waals surface area (Å²) in [5.74, 6) is 0. The lowest BCUT2D eigenvalue weighted by atomic mass is 9.98. The van der Waals surface area contributed by atoms with Gasteiger partial charge in [-0.15, -0.1) is 6.58 Å². The van der Waals surface area contributed by atoms with Crippen LogP contribution < -0.4 is 0 Å². The lowest BCUT2D eigenvalue weighted by molar-refractivity contribution is -0.355. The molecule has 7 nitrogen and oxygen atoms in total. The molecule has 0 amide bonds. The van der Waals surface area contributed by atoms with Gasteiger partial charge in [0.25, 0.3) is 0 Å². The zero-order valence-corrected chi connectivity index (χ0v) is 25.7. The molecule has 37 heavy (non-hydrogen) atoms. The van der Waals surface area contributed by atoms with Crippen LogP contribution in [0.25, 0.3) is 0 Å². The monoisotopic (exact) mass is 550 g/mol. The third-order valence-electron chi connectivity index (χ3n) is 7.91. The Balaban J connectivity index is 1.81. The average molecular weight is 551 g/mol. The molecular formula is C28H46O7Si2. The van der Waals surface area contributed by atoms with Crippen LogP contribution in [-0.4, -0.2) is 61.0 Å². The van der Waals surface area contributed by atoms with Gasteiger partial charge in [-0.1, -0.05) is 91.8 Å². The predicted molar refractivity (Wildman–Crippen MR) is 148 cm³/mol. The number of rotatable bonds is 8. The lowest BCUT2D eigenvalue weighted by Crippen LogP contribution is -2.65. The third kappa shape index (κ3) is 5.44. The molecule has 3 aliphatic rings. The number of benzene rings is 1. The van der Waals surface area contributed by atoms with E-state index in [1.54, 1.807) is 6.08 Å². The molecule has 0 aliphatic carbocycles. The zero-order chi connectivity index (χ0) is 27.0. The Kier molecular flexibility index (Phi) is 9.20. The van der Waals surface area contributed by atoms with E-state index in [0.717, 1.165) is 5.56 Å². The molecule has 0 saturated carbocycles. The molecule has 2 unspecified atom stereocenters. The van der Waals surface area contributed by atoms with Crippen molar-refractivity contribution in [3.05, 3.63) is 48.6 Å². The van der Waals surface area contributed by atoms with Crippen LogP contribution in [0.2, 0.25) is 22.2 Å². The molecule has 0 bridgehead atoms. The average Bonchev–Trinajstić information content (AvgIpc) is 3.05. The quantitative estimate of drug-likeness (QED) is 0.276. The molecule has 0 spiro atoms. The maximum Gasteiger partial charge on any atom is 0.335 e. The molecule has 0 N–H and O–H groups in total. The SMILES string of the molecule is C=CCOC1O[C@@H]2CO[C@@H](c3ccccc3)OC2[C@@H]2O[Si](C(C)C)(C(C)C)O[Si](C(C)C)(C(C)C)O[C@@H]12. The van der Waals surface area contributed by atoms with Crippen molar-refractivity contribution in [3.8, 4) is 0 Å². The number of ether oxygens (including phenoxy) is 4. The number of hydrogen-bond donors (Lipinski definition) is 0. The van der Waals surface area contributed by atoms with E-state index in [-0.39, 0.29) is 34.4 Å². The molecule has 3 heterocycles. The first kappa shape index (κ1) is 29.1. The summed E-state index contributed by atoms with van der Waals surface area (Å²) in [6.07, 6.45) is -1.04. The summed E-state index contributed by atoms with van der Waals surface area (Å²) in [4.78, 5) is 0. The number of hydrogen-bond acceptors (Lipinski definition) is 7. The Bertz CT molecular complexity index is 878. The van der Waals surface area contributed by atoms with Crippen LogP contribution in [0, 0.1) is 0 Å². The van der Waals surface area contributed by atoms with E-state index < -0.39 is 41.9 Å². The maximum absolute atomic E-state index is 7.38. The molecule has 6 atom stereocenters. The topological polar surface area (TPSA) is 64.6 Å². The summed E-state index contributed by atoms with van der Waals surface area (Å²) >= 11 is 0. The molecule has 1 aromatic rings. The normalized spacial score (nSPS) is 33.3. The Hall–Kier alpha value is -0.886. The fraction of sp³-hybridized carbons (Fsp3) is 0.714. The number of fused-ring (bicyclic) bond motifs is 3. The molecular weight excluding hydrogens is 504 g/mol. The molecule has 0 radical (unpaired) electrons. The Morgan fingerprint density at radius 3 is 1.95 bits per heavy atom.